The molecule has 0 unspecified atom stereocenters. The second kappa shape index (κ2) is 9.13. The van der Waals surface area contributed by atoms with Gasteiger partial charge in [0.25, 0.3) is 0 Å². The summed E-state index contributed by atoms with van der Waals surface area (Å²) >= 11 is 0. The van der Waals surface area contributed by atoms with Gasteiger partial charge in [-0.25, -0.2) is 0 Å². The van der Waals surface area contributed by atoms with Crippen molar-refractivity contribution in [3.8, 4) is 0 Å². The topological polar surface area (TPSA) is 32.7 Å². The normalized spacial score (nSPS) is 18.5. The van der Waals surface area contributed by atoms with Crippen LogP contribution < -0.4 is 0 Å². The molecule has 0 aliphatic carbocycles. The maximum Gasteiger partial charge on any atom is 0.0823 e. The molecule has 0 aromatic carbocycles. The van der Waals surface area contributed by atoms with Gasteiger partial charge in [-0.1, -0.05) is 25.9 Å². The van der Waals surface area contributed by atoms with Crippen molar-refractivity contribution in [1.82, 2.24) is 4.90 Å². The Morgan fingerprint density at radius 3 is 2.36 bits per heavy atom. The molecule has 0 radical (unpaired) electrons. The summed E-state index contributed by atoms with van der Waals surface area (Å²) in [4.78, 5) is 12.3. The van der Waals surface area contributed by atoms with E-state index in [9.17, 15) is 4.91 Å². The summed E-state index contributed by atoms with van der Waals surface area (Å²) < 4.78 is 0. The molecule has 0 saturated carbocycles. The summed E-state index contributed by atoms with van der Waals surface area (Å²) in [7, 11) is 0. The molecule has 0 spiro atoms. The molecule has 84 valence electrons. The summed E-state index contributed by atoms with van der Waals surface area (Å²) in [6.45, 7) is 10.3. The Morgan fingerprint density at radius 1 is 1.29 bits per heavy atom. The first kappa shape index (κ1) is 13.6. The van der Waals surface area contributed by atoms with Crippen LogP contribution in [0, 0.1) is 10.8 Å². The minimum absolute atomic E-state index is 0.478. The van der Waals surface area contributed by atoms with Crippen molar-refractivity contribution in [2.45, 2.75) is 40.0 Å². The molecule has 3 heteroatoms. The maximum atomic E-state index is 9.83. The Kier molecular flexibility index (Phi) is 8.84. The molecule has 0 bridgehead atoms. The van der Waals surface area contributed by atoms with Gasteiger partial charge in [-0.15, -0.1) is 0 Å². The van der Waals surface area contributed by atoms with Crippen LogP contribution in [-0.4, -0.2) is 31.1 Å². The summed E-state index contributed by atoms with van der Waals surface area (Å²) in [5, 5.41) is 2.86. The molecule has 1 fully saturated rings. The first-order valence-electron chi connectivity index (χ1n) is 5.84. The standard InChI is InChI=1S/C9H18N2O.C2H6/c1-9-3-7-11(8-4-9)6-2-5-10-12;1-2/h9H,2-8H2,1H3;1-2H3. The smallest absolute Gasteiger partial charge is 0.0823 e. The summed E-state index contributed by atoms with van der Waals surface area (Å²) in [5.41, 5.74) is 0. The van der Waals surface area contributed by atoms with E-state index in [2.05, 4.69) is 17.0 Å². The predicted molar refractivity (Wildman–Crippen MR) is 61.5 cm³/mol. The van der Waals surface area contributed by atoms with E-state index in [4.69, 9.17) is 0 Å². The van der Waals surface area contributed by atoms with E-state index in [0.29, 0.717) is 6.54 Å². The SMILES string of the molecule is CC.CC1CCN(CCCN=O)CC1. The number of nitrogens with zero attached hydrogens (tertiary/aromatic N) is 2. The molecule has 0 aromatic heterocycles. The summed E-state index contributed by atoms with van der Waals surface area (Å²) in [5.74, 6) is 0.894. The van der Waals surface area contributed by atoms with Crippen LogP contribution in [-0.2, 0) is 0 Å². The van der Waals surface area contributed by atoms with Crippen molar-refractivity contribution in [3.63, 3.8) is 0 Å². The molecule has 3 nitrogen and oxygen atoms in total. The molecular formula is C11H24N2O. The number of nitroso groups, excluding NO2 is 1. The molecule has 14 heavy (non-hydrogen) atoms. The molecule has 0 amide bonds. The Morgan fingerprint density at radius 2 is 1.86 bits per heavy atom. The predicted octanol–water partition coefficient (Wildman–Crippen LogP) is 2.90. The fourth-order valence-corrected chi connectivity index (χ4v) is 1.64. The average molecular weight is 200 g/mol. The first-order chi connectivity index (χ1) is 6.83. The minimum Gasteiger partial charge on any atom is -0.303 e. The molecule has 1 rings (SSSR count). The van der Waals surface area contributed by atoms with E-state index in [1.54, 1.807) is 0 Å². The van der Waals surface area contributed by atoms with Gasteiger partial charge < -0.3 is 4.90 Å². The van der Waals surface area contributed by atoms with Gasteiger partial charge in [0, 0.05) is 6.54 Å². The lowest BCUT2D eigenvalue weighted by Crippen LogP contribution is -2.33. The zero-order valence-electron chi connectivity index (χ0n) is 9.83. The van der Waals surface area contributed by atoms with Crippen LogP contribution in [0.25, 0.3) is 0 Å². The van der Waals surface area contributed by atoms with Crippen molar-refractivity contribution in [2.75, 3.05) is 26.2 Å². The molecular weight excluding hydrogens is 176 g/mol. The van der Waals surface area contributed by atoms with Gasteiger partial charge in [0.05, 0.1) is 6.54 Å². The lowest BCUT2D eigenvalue weighted by atomic mass is 9.99. The number of piperidine rings is 1. The average Bonchev–Trinajstić information content (AvgIpc) is 2.24. The third kappa shape index (κ3) is 6.08. The molecule has 0 N–H and O–H groups in total. The van der Waals surface area contributed by atoms with Crippen LogP contribution in [0.15, 0.2) is 5.18 Å². The van der Waals surface area contributed by atoms with E-state index in [1.807, 2.05) is 13.8 Å². The highest BCUT2D eigenvalue weighted by molar-refractivity contribution is 4.69. The summed E-state index contributed by atoms with van der Waals surface area (Å²) in [6, 6.07) is 0. The van der Waals surface area contributed by atoms with Crippen LogP contribution in [0.3, 0.4) is 0 Å². The van der Waals surface area contributed by atoms with Crippen molar-refractivity contribution >= 4 is 0 Å². The third-order valence-electron chi connectivity index (χ3n) is 2.60. The number of hydrogen-bond acceptors (Lipinski definition) is 3. The third-order valence-corrected chi connectivity index (χ3v) is 2.60. The van der Waals surface area contributed by atoms with Crippen LogP contribution in [0.2, 0.25) is 0 Å². The van der Waals surface area contributed by atoms with Gasteiger partial charge >= 0.3 is 0 Å². The second-order valence-corrected chi connectivity index (χ2v) is 3.73. The highest BCUT2D eigenvalue weighted by Gasteiger charge is 2.14. The van der Waals surface area contributed by atoms with Gasteiger partial charge in [-0.05, 0) is 38.3 Å². The van der Waals surface area contributed by atoms with Crippen LogP contribution >= 0.6 is 0 Å². The number of likely N-dealkylation sites (tertiary alicyclic amines) is 1. The van der Waals surface area contributed by atoms with Crippen LogP contribution in [0.4, 0.5) is 0 Å². The van der Waals surface area contributed by atoms with Gasteiger partial charge in [-0.2, -0.15) is 4.91 Å². The largest absolute Gasteiger partial charge is 0.303 e. The van der Waals surface area contributed by atoms with Crippen molar-refractivity contribution in [2.24, 2.45) is 11.1 Å². The van der Waals surface area contributed by atoms with Gasteiger partial charge in [0.1, 0.15) is 0 Å². The summed E-state index contributed by atoms with van der Waals surface area (Å²) in [6.07, 6.45) is 3.56. The van der Waals surface area contributed by atoms with Crippen molar-refractivity contribution < 1.29 is 0 Å². The van der Waals surface area contributed by atoms with Gasteiger partial charge in [0.15, 0.2) is 0 Å². The lowest BCUT2D eigenvalue weighted by molar-refractivity contribution is 0.191. The van der Waals surface area contributed by atoms with Crippen molar-refractivity contribution in [1.29, 1.82) is 0 Å². The van der Waals surface area contributed by atoms with E-state index in [-0.39, 0.29) is 0 Å². The molecule has 1 saturated heterocycles. The Hall–Kier alpha value is -0.440. The van der Waals surface area contributed by atoms with Gasteiger partial charge in [0.2, 0.25) is 0 Å². The van der Waals surface area contributed by atoms with Crippen LogP contribution in [0.5, 0.6) is 0 Å². The zero-order valence-corrected chi connectivity index (χ0v) is 9.83. The maximum absolute atomic E-state index is 9.83. The van der Waals surface area contributed by atoms with E-state index >= 15 is 0 Å². The molecule has 1 aliphatic rings. The van der Waals surface area contributed by atoms with Crippen LogP contribution in [0.1, 0.15) is 40.0 Å². The molecule has 0 aromatic rings. The van der Waals surface area contributed by atoms with E-state index < -0.39 is 0 Å². The minimum atomic E-state index is 0.478. The zero-order chi connectivity index (χ0) is 10.8. The first-order valence-corrected chi connectivity index (χ1v) is 5.84. The lowest BCUT2D eigenvalue weighted by Gasteiger charge is -2.29. The quantitative estimate of drug-likeness (QED) is 0.516. The Bertz CT molecular complexity index is 131. The molecule has 0 atom stereocenters. The fraction of sp³-hybridized carbons (Fsp3) is 1.00. The van der Waals surface area contributed by atoms with E-state index in [0.717, 1.165) is 18.9 Å². The van der Waals surface area contributed by atoms with Gasteiger partial charge in [-0.3, -0.25) is 0 Å². The highest BCUT2D eigenvalue weighted by Crippen LogP contribution is 2.15. The second-order valence-electron chi connectivity index (χ2n) is 3.73. The number of hydrogen-bond donors (Lipinski definition) is 0. The Labute approximate surface area is 87.8 Å². The highest BCUT2D eigenvalue weighted by atomic mass is 16.3. The Balaban J connectivity index is 0.000000791. The molecule has 1 aliphatic heterocycles. The fourth-order valence-electron chi connectivity index (χ4n) is 1.64. The van der Waals surface area contributed by atoms with E-state index in [1.165, 1.54) is 25.9 Å². The van der Waals surface area contributed by atoms with Crippen molar-refractivity contribution in [3.05, 3.63) is 4.91 Å². The monoisotopic (exact) mass is 200 g/mol. The molecule has 1 heterocycles. The number of rotatable bonds is 4.